The lowest BCUT2D eigenvalue weighted by molar-refractivity contribution is 1.09. The number of nitrogens with zero attached hydrogens (tertiary/aromatic N) is 1. The smallest absolute Gasteiger partial charge is 0.0791 e. The van der Waals surface area contributed by atoms with Crippen molar-refractivity contribution in [3.8, 4) is 0 Å². The van der Waals surface area contributed by atoms with E-state index in [-0.39, 0.29) is 0 Å². The molecule has 0 unspecified atom stereocenters. The SMILES string of the molecule is CCC.CCC.c1cscn1. The van der Waals surface area contributed by atoms with Gasteiger partial charge >= 0.3 is 0 Å². The zero-order valence-corrected chi connectivity index (χ0v) is 8.82. The van der Waals surface area contributed by atoms with Crippen LogP contribution in [0.25, 0.3) is 0 Å². The lowest BCUT2D eigenvalue weighted by atomic mass is 10.6. The molecule has 0 saturated heterocycles. The summed E-state index contributed by atoms with van der Waals surface area (Å²) < 4.78 is 0. The van der Waals surface area contributed by atoms with Crippen LogP contribution in [0, 0.1) is 0 Å². The molecule has 0 bridgehead atoms. The number of aromatic nitrogens is 1. The van der Waals surface area contributed by atoms with Crippen molar-refractivity contribution in [2.45, 2.75) is 40.5 Å². The van der Waals surface area contributed by atoms with Crippen LogP contribution >= 0.6 is 11.3 Å². The third-order valence-electron chi connectivity index (χ3n) is 0.347. The Bertz CT molecular complexity index is 85.1. The molecule has 0 radical (unpaired) electrons. The van der Waals surface area contributed by atoms with Gasteiger partial charge in [0.2, 0.25) is 0 Å². The number of thiazole rings is 1. The van der Waals surface area contributed by atoms with Gasteiger partial charge in [0.25, 0.3) is 0 Å². The summed E-state index contributed by atoms with van der Waals surface area (Å²) >= 11 is 1.60. The second-order valence-electron chi connectivity index (χ2n) is 2.09. The van der Waals surface area contributed by atoms with Gasteiger partial charge in [-0.3, -0.25) is 4.98 Å². The molecule has 0 amide bonds. The molecule has 0 spiro atoms. The van der Waals surface area contributed by atoms with Crippen LogP contribution in [0.15, 0.2) is 17.1 Å². The molecule has 2 heteroatoms. The van der Waals surface area contributed by atoms with Gasteiger partial charge in [0, 0.05) is 11.6 Å². The third kappa shape index (κ3) is 26.2. The van der Waals surface area contributed by atoms with Crippen molar-refractivity contribution in [1.29, 1.82) is 0 Å². The van der Waals surface area contributed by atoms with Crippen molar-refractivity contribution >= 4 is 11.3 Å². The van der Waals surface area contributed by atoms with E-state index in [9.17, 15) is 0 Å². The summed E-state index contributed by atoms with van der Waals surface area (Å²) in [6, 6.07) is 0. The van der Waals surface area contributed by atoms with Gasteiger partial charge in [-0.05, 0) is 0 Å². The van der Waals surface area contributed by atoms with E-state index in [0.29, 0.717) is 0 Å². The maximum atomic E-state index is 3.74. The molecule has 0 N–H and O–H groups in total. The molecule has 1 heterocycles. The van der Waals surface area contributed by atoms with E-state index in [0.717, 1.165) is 0 Å². The Kier molecular flexibility index (Phi) is 19.6. The fraction of sp³-hybridized carbons (Fsp3) is 0.667. The van der Waals surface area contributed by atoms with E-state index in [1.54, 1.807) is 23.0 Å². The van der Waals surface area contributed by atoms with Crippen molar-refractivity contribution in [1.82, 2.24) is 4.98 Å². The maximum Gasteiger partial charge on any atom is 0.0791 e. The van der Waals surface area contributed by atoms with Crippen molar-refractivity contribution in [3.05, 3.63) is 17.1 Å². The van der Waals surface area contributed by atoms with Crippen LogP contribution in [0.5, 0.6) is 0 Å². The number of hydrogen-bond acceptors (Lipinski definition) is 2. The van der Waals surface area contributed by atoms with E-state index in [1.165, 1.54) is 12.8 Å². The monoisotopic (exact) mass is 173 g/mol. The first-order chi connectivity index (χ1) is 5.33. The van der Waals surface area contributed by atoms with Gasteiger partial charge in [-0.2, -0.15) is 0 Å². The summed E-state index contributed by atoms with van der Waals surface area (Å²) in [5, 5.41) is 1.93. The number of rotatable bonds is 0. The molecule has 0 aliphatic carbocycles. The van der Waals surface area contributed by atoms with Crippen LogP contribution in [-0.2, 0) is 0 Å². The standard InChI is InChI=1S/C3H3NS.2C3H8/c1-2-5-3-4-1;2*1-3-2/h1-3H;2*3H2,1-2H3. The molecule has 1 aromatic heterocycles. The lowest BCUT2D eigenvalue weighted by Crippen LogP contribution is -1.38. The predicted octanol–water partition coefficient (Wildman–Crippen LogP) is 3.98. The molecule has 0 saturated carbocycles. The second-order valence-corrected chi connectivity index (χ2v) is 2.85. The second kappa shape index (κ2) is 16.3. The van der Waals surface area contributed by atoms with Crippen LogP contribution in [-0.4, -0.2) is 4.98 Å². The minimum Gasteiger partial charge on any atom is -0.253 e. The van der Waals surface area contributed by atoms with Gasteiger partial charge in [0.05, 0.1) is 5.51 Å². The van der Waals surface area contributed by atoms with Gasteiger partial charge in [-0.15, -0.1) is 11.3 Å². The van der Waals surface area contributed by atoms with Crippen LogP contribution in [0.3, 0.4) is 0 Å². The molecule has 0 aromatic carbocycles. The fourth-order valence-electron chi connectivity index (χ4n) is 0.176. The molecule has 0 fully saturated rings. The van der Waals surface area contributed by atoms with Crippen molar-refractivity contribution in [2.75, 3.05) is 0 Å². The highest BCUT2D eigenvalue weighted by Crippen LogP contribution is 1.85. The Hall–Kier alpha value is -0.370. The van der Waals surface area contributed by atoms with Crippen LogP contribution in [0.2, 0.25) is 0 Å². The fourth-order valence-corrected chi connectivity index (χ4v) is 0.527. The number of hydrogen-bond donors (Lipinski definition) is 0. The van der Waals surface area contributed by atoms with Gasteiger partial charge < -0.3 is 0 Å². The minimum absolute atomic E-state index is 1.25. The lowest BCUT2D eigenvalue weighted by Gasteiger charge is -1.48. The highest BCUT2D eigenvalue weighted by atomic mass is 32.1. The zero-order chi connectivity index (χ0) is 8.95. The third-order valence-corrected chi connectivity index (χ3v) is 0.869. The minimum atomic E-state index is 1.25. The molecule has 1 nitrogen and oxygen atoms in total. The first-order valence-corrected chi connectivity index (χ1v) is 5.09. The van der Waals surface area contributed by atoms with Gasteiger partial charge in [-0.1, -0.05) is 40.5 Å². The van der Waals surface area contributed by atoms with E-state index in [2.05, 4.69) is 32.7 Å². The molecule has 66 valence electrons. The molecule has 1 rings (SSSR count). The highest BCUT2D eigenvalue weighted by Gasteiger charge is 1.59. The van der Waals surface area contributed by atoms with Crippen molar-refractivity contribution in [3.63, 3.8) is 0 Å². The molecular formula is C9H19NS. The predicted molar refractivity (Wildman–Crippen MR) is 54.0 cm³/mol. The Balaban J connectivity index is 0. The van der Waals surface area contributed by atoms with E-state index < -0.39 is 0 Å². The van der Waals surface area contributed by atoms with E-state index in [1.807, 2.05) is 5.38 Å². The van der Waals surface area contributed by atoms with Gasteiger partial charge in [0.15, 0.2) is 0 Å². The molecule has 0 aliphatic rings. The normalized spacial score (nSPS) is 6.91. The van der Waals surface area contributed by atoms with E-state index >= 15 is 0 Å². The quantitative estimate of drug-likeness (QED) is 0.578. The molecule has 1 aromatic rings. The average Bonchev–Trinajstić information content (AvgIpc) is 2.44. The molecule has 0 atom stereocenters. The Labute approximate surface area is 74.5 Å². The summed E-state index contributed by atoms with van der Waals surface area (Å²) in [6.07, 6.45) is 4.27. The molecule has 11 heavy (non-hydrogen) atoms. The summed E-state index contributed by atoms with van der Waals surface area (Å²) in [5.74, 6) is 0. The first kappa shape index (κ1) is 13.2. The summed E-state index contributed by atoms with van der Waals surface area (Å²) in [4.78, 5) is 3.74. The van der Waals surface area contributed by atoms with Crippen LogP contribution in [0.4, 0.5) is 0 Å². The Morgan fingerprint density at radius 3 is 1.64 bits per heavy atom. The topological polar surface area (TPSA) is 12.9 Å². The van der Waals surface area contributed by atoms with Crippen molar-refractivity contribution in [2.24, 2.45) is 0 Å². The molecule has 0 aliphatic heterocycles. The van der Waals surface area contributed by atoms with Crippen LogP contribution < -0.4 is 0 Å². The highest BCUT2D eigenvalue weighted by molar-refractivity contribution is 7.07. The summed E-state index contributed by atoms with van der Waals surface area (Å²) in [5.41, 5.74) is 1.79. The van der Waals surface area contributed by atoms with Crippen molar-refractivity contribution < 1.29 is 0 Å². The first-order valence-electron chi connectivity index (χ1n) is 4.15. The zero-order valence-electron chi connectivity index (χ0n) is 8.00. The van der Waals surface area contributed by atoms with Crippen LogP contribution in [0.1, 0.15) is 40.5 Å². The Morgan fingerprint density at radius 1 is 1.09 bits per heavy atom. The largest absolute Gasteiger partial charge is 0.253 e. The average molecular weight is 173 g/mol. The molecular weight excluding hydrogens is 154 g/mol. The Morgan fingerprint density at radius 2 is 1.55 bits per heavy atom. The van der Waals surface area contributed by atoms with Gasteiger partial charge in [0.1, 0.15) is 0 Å². The summed E-state index contributed by atoms with van der Waals surface area (Å²) in [6.45, 7) is 8.50. The summed E-state index contributed by atoms with van der Waals surface area (Å²) in [7, 11) is 0. The van der Waals surface area contributed by atoms with Gasteiger partial charge in [-0.25, -0.2) is 0 Å². The maximum absolute atomic E-state index is 3.74. The van der Waals surface area contributed by atoms with E-state index in [4.69, 9.17) is 0 Å².